The Kier molecular flexibility index (Phi) is 6.55. The van der Waals surface area contributed by atoms with Gasteiger partial charge in [-0.05, 0) is 36.6 Å². The minimum atomic E-state index is -0.0488. The van der Waals surface area contributed by atoms with Crippen molar-refractivity contribution in [3.8, 4) is 0 Å². The second-order valence-corrected chi connectivity index (χ2v) is 5.93. The van der Waals surface area contributed by atoms with Crippen molar-refractivity contribution in [3.05, 3.63) is 65.2 Å². The summed E-state index contributed by atoms with van der Waals surface area (Å²) in [5, 5.41) is 5.73. The van der Waals surface area contributed by atoms with Crippen molar-refractivity contribution < 1.29 is 9.59 Å². The van der Waals surface area contributed by atoms with Crippen LogP contribution in [0, 0.1) is 6.92 Å². The molecule has 0 aliphatic rings. The van der Waals surface area contributed by atoms with E-state index < -0.39 is 0 Å². The van der Waals surface area contributed by atoms with Crippen LogP contribution in [0.1, 0.15) is 30.0 Å². The minimum Gasteiger partial charge on any atom is -0.356 e. The van der Waals surface area contributed by atoms with Crippen molar-refractivity contribution in [3.63, 3.8) is 0 Å². The summed E-state index contributed by atoms with van der Waals surface area (Å²) in [6.07, 6.45) is 1.64. The average Bonchev–Trinajstić information content (AvgIpc) is 2.57. The van der Waals surface area contributed by atoms with E-state index in [1.165, 1.54) is 5.56 Å². The molecule has 0 atom stereocenters. The van der Waals surface area contributed by atoms with Crippen LogP contribution in [0.2, 0.25) is 0 Å². The molecule has 0 saturated carbocycles. The smallest absolute Gasteiger partial charge is 0.228 e. The standard InChI is InChI=1S/C20H24N2O2/c1-3-12-21-19(23)13-17-8-10-18(11-9-17)22-20(24)14-16-6-4-15(2)5-7-16/h4-11H,3,12-14H2,1-2H3,(H,21,23)(H,22,24). The molecule has 2 rings (SSSR count). The zero-order valence-electron chi connectivity index (χ0n) is 14.3. The molecule has 0 heterocycles. The first-order chi connectivity index (χ1) is 11.6. The van der Waals surface area contributed by atoms with Crippen LogP contribution in [0.15, 0.2) is 48.5 Å². The largest absolute Gasteiger partial charge is 0.356 e. The van der Waals surface area contributed by atoms with Crippen LogP contribution in [0.25, 0.3) is 0 Å². The van der Waals surface area contributed by atoms with Gasteiger partial charge in [0.25, 0.3) is 0 Å². The van der Waals surface area contributed by atoms with Crippen LogP contribution < -0.4 is 10.6 Å². The number of hydrogen-bond acceptors (Lipinski definition) is 2. The van der Waals surface area contributed by atoms with Crippen LogP contribution in [-0.4, -0.2) is 18.4 Å². The van der Waals surface area contributed by atoms with Crippen molar-refractivity contribution in [2.24, 2.45) is 0 Å². The Morgan fingerprint density at radius 3 is 1.96 bits per heavy atom. The molecule has 4 heteroatoms. The molecule has 4 nitrogen and oxygen atoms in total. The highest BCUT2D eigenvalue weighted by molar-refractivity contribution is 5.92. The number of aryl methyl sites for hydroxylation is 1. The highest BCUT2D eigenvalue weighted by atomic mass is 16.2. The normalized spacial score (nSPS) is 10.2. The van der Waals surface area contributed by atoms with Crippen molar-refractivity contribution in [1.82, 2.24) is 5.32 Å². The predicted octanol–water partition coefficient (Wildman–Crippen LogP) is 3.24. The van der Waals surface area contributed by atoms with Crippen LogP contribution >= 0.6 is 0 Å². The Labute approximate surface area is 143 Å². The first kappa shape index (κ1) is 17.7. The maximum absolute atomic E-state index is 12.1. The summed E-state index contributed by atoms with van der Waals surface area (Å²) in [7, 11) is 0. The lowest BCUT2D eigenvalue weighted by atomic mass is 10.1. The molecule has 0 aromatic heterocycles. The molecule has 24 heavy (non-hydrogen) atoms. The SMILES string of the molecule is CCCNC(=O)Cc1ccc(NC(=O)Cc2ccc(C)cc2)cc1. The van der Waals surface area contributed by atoms with Crippen molar-refractivity contribution in [2.75, 3.05) is 11.9 Å². The topological polar surface area (TPSA) is 58.2 Å². The molecule has 0 unspecified atom stereocenters. The van der Waals surface area contributed by atoms with Crippen LogP contribution in [0.3, 0.4) is 0 Å². The fourth-order valence-corrected chi connectivity index (χ4v) is 2.31. The molecule has 0 radical (unpaired) electrons. The molecule has 2 aromatic rings. The first-order valence-corrected chi connectivity index (χ1v) is 8.28. The summed E-state index contributed by atoms with van der Waals surface area (Å²) >= 11 is 0. The molecule has 0 bridgehead atoms. The van der Waals surface area contributed by atoms with E-state index in [-0.39, 0.29) is 11.8 Å². The number of nitrogens with one attached hydrogen (secondary N) is 2. The van der Waals surface area contributed by atoms with Crippen LogP contribution in [-0.2, 0) is 22.4 Å². The maximum Gasteiger partial charge on any atom is 0.228 e. The molecule has 0 aliphatic heterocycles. The van der Waals surface area contributed by atoms with Gasteiger partial charge in [-0.1, -0.05) is 48.9 Å². The van der Waals surface area contributed by atoms with E-state index >= 15 is 0 Å². The number of carbonyl (C=O) groups is 2. The van der Waals surface area contributed by atoms with Gasteiger partial charge in [0, 0.05) is 12.2 Å². The van der Waals surface area contributed by atoms with Gasteiger partial charge < -0.3 is 10.6 Å². The van der Waals surface area contributed by atoms with E-state index in [2.05, 4.69) is 10.6 Å². The van der Waals surface area contributed by atoms with Gasteiger partial charge in [0.2, 0.25) is 11.8 Å². The van der Waals surface area contributed by atoms with Gasteiger partial charge in [0.05, 0.1) is 12.8 Å². The Balaban J connectivity index is 1.85. The van der Waals surface area contributed by atoms with E-state index in [0.29, 0.717) is 19.4 Å². The molecule has 2 amide bonds. The lowest BCUT2D eigenvalue weighted by Crippen LogP contribution is -2.25. The number of benzene rings is 2. The Morgan fingerprint density at radius 1 is 0.833 bits per heavy atom. The highest BCUT2D eigenvalue weighted by Gasteiger charge is 2.06. The summed E-state index contributed by atoms with van der Waals surface area (Å²) < 4.78 is 0. The quantitative estimate of drug-likeness (QED) is 0.821. The van der Waals surface area contributed by atoms with Gasteiger partial charge in [0.15, 0.2) is 0 Å². The summed E-state index contributed by atoms with van der Waals surface area (Å²) in [6, 6.07) is 15.3. The highest BCUT2D eigenvalue weighted by Crippen LogP contribution is 2.11. The third-order valence-electron chi connectivity index (χ3n) is 3.66. The fraction of sp³-hybridized carbons (Fsp3) is 0.300. The summed E-state index contributed by atoms with van der Waals surface area (Å²) in [4.78, 5) is 23.8. The Bertz CT molecular complexity index is 676. The Hall–Kier alpha value is -2.62. The molecule has 0 fully saturated rings. The van der Waals surface area contributed by atoms with E-state index in [1.807, 2.05) is 62.4 Å². The fourth-order valence-electron chi connectivity index (χ4n) is 2.31. The van der Waals surface area contributed by atoms with Crippen LogP contribution in [0.4, 0.5) is 5.69 Å². The van der Waals surface area contributed by atoms with Crippen LogP contribution in [0.5, 0.6) is 0 Å². The van der Waals surface area contributed by atoms with E-state index in [0.717, 1.165) is 23.2 Å². The molecular weight excluding hydrogens is 300 g/mol. The first-order valence-electron chi connectivity index (χ1n) is 8.28. The van der Waals surface area contributed by atoms with Crippen molar-refractivity contribution >= 4 is 17.5 Å². The molecule has 2 N–H and O–H groups in total. The average molecular weight is 324 g/mol. The number of anilines is 1. The zero-order chi connectivity index (χ0) is 17.4. The van der Waals surface area contributed by atoms with E-state index in [9.17, 15) is 9.59 Å². The molecule has 0 saturated heterocycles. The summed E-state index contributed by atoms with van der Waals surface area (Å²) in [6.45, 7) is 4.74. The molecule has 0 spiro atoms. The number of amides is 2. The van der Waals surface area contributed by atoms with Crippen molar-refractivity contribution in [2.45, 2.75) is 33.1 Å². The van der Waals surface area contributed by atoms with Gasteiger partial charge in [-0.2, -0.15) is 0 Å². The lowest BCUT2D eigenvalue weighted by molar-refractivity contribution is -0.120. The van der Waals surface area contributed by atoms with Gasteiger partial charge in [-0.15, -0.1) is 0 Å². The van der Waals surface area contributed by atoms with Gasteiger partial charge in [0.1, 0.15) is 0 Å². The third kappa shape index (κ3) is 5.88. The lowest BCUT2D eigenvalue weighted by Gasteiger charge is -2.07. The number of rotatable bonds is 7. The van der Waals surface area contributed by atoms with Gasteiger partial charge in [-0.3, -0.25) is 9.59 Å². The summed E-state index contributed by atoms with van der Waals surface area (Å²) in [5.41, 5.74) is 3.84. The zero-order valence-corrected chi connectivity index (χ0v) is 14.3. The van der Waals surface area contributed by atoms with Crippen molar-refractivity contribution in [1.29, 1.82) is 0 Å². The number of hydrogen-bond donors (Lipinski definition) is 2. The molecule has 126 valence electrons. The third-order valence-corrected chi connectivity index (χ3v) is 3.66. The monoisotopic (exact) mass is 324 g/mol. The van der Waals surface area contributed by atoms with E-state index in [1.54, 1.807) is 0 Å². The predicted molar refractivity (Wildman–Crippen MR) is 97.0 cm³/mol. The minimum absolute atomic E-state index is 0.0213. The molecule has 2 aromatic carbocycles. The molecule has 0 aliphatic carbocycles. The van der Waals surface area contributed by atoms with Gasteiger partial charge in [-0.25, -0.2) is 0 Å². The number of carbonyl (C=O) groups excluding carboxylic acids is 2. The van der Waals surface area contributed by atoms with Gasteiger partial charge >= 0.3 is 0 Å². The summed E-state index contributed by atoms with van der Waals surface area (Å²) in [5.74, 6) is -0.0275. The second-order valence-electron chi connectivity index (χ2n) is 5.93. The molecular formula is C20H24N2O2. The second kappa shape index (κ2) is 8.87. The van der Waals surface area contributed by atoms with E-state index in [4.69, 9.17) is 0 Å². The Morgan fingerprint density at radius 2 is 1.38 bits per heavy atom. The maximum atomic E-state index is 12.1.